The molecule has 2 rings (SSSR count). The minimum absolute atomic E-state index is 0.614. The Labute approximate surface area is 103 Å². The van der Waals surface area contributed by atoms with Gasteiger partial charge >= 0.3 is 0 Å². The van der Waals surface area contributed by atoms with Crippen LogP contribution in [-0.2, 0) is 0 Å². The Balaban J connectivity index is 2.26. The highest BCUT2D eigenvalue weighted by Crippen LogP contribution is 2.23. The van der Waals surface area contributed by atoms with E-state index < -0.39 is 0 Å². The lowest BCUT2D eigenvalue weighted by Crippen LogP contribution is -1.92. The van der Waals surface area contributed by atoms with Crippen molar-refractivity contribution in [2.45, 2.75) is 26.2 Å². The molecule has 1 aromatic carbocycles. The SMILES string of the molecule is CCC(C)c1ccc(-c2ccc(N)cn2)cc1. The number of nitrogens with zero attached hydrogens (tertiary/aromatic N) is 1. The monoisotopic (exact) mass is 226 g/mol. The van der Waals surface area contributed by atoms with Crippen LogP contribution in [0, 0.1) is 0 Å². The van der Waals surface area contributed by atoms with E-state index >= 15 is 0 Å². The van der Waals surface area contributed by atoms with E-state index in [4.69, 9.17) is 5.73 Å². The predicted octanol–water partition coefficient (Wildman–Crippen LogP) is 3.84. The molecule has 88 valence electrons. The summed E-state index contributed by atoms with van der Waals surface area (Å²) >= 11 is 0. The molecule has 0 aliphatic heterocycles. The molecule has 2 heteroatoms. The minimum Gasteiger partial charge on any atom is -0.397 e. The number of rotatable bonds is 3. The van der Waals surface area contributed by atoms with Gasteiger partial charge in [0.2, 0.25) is 0 Å². The van der Waals surface area contributed by atoms with Crippen molar-refractivity contribution in [3.8, 4) is 11.3 Å². The van der Waals surface area contributed by atoms with Gasteiger partial charge in [0, 0.05) is 5.56 Å². The molecule has 2 aromatic rings. The van der Waals surface area contributed by atoms with Crippen LogP contribution in [0.3, 0.4) is 0 Å². The first-order valence-electron chi connectivity index (χ1n) is 6.02. The smallest absolute Gasteiger partial charge is 0.0703 e. The highest BCUT2D eigenvalue weighted by Gasteiger charge is 2.03. The van der Waals surface area contributed by atoms with Gasteiger partial charge in [0.05, 0.1) is 17.6 Å². The van der Waals surface area contributed by atoms with Crippen molar-refractivity contribution < 1.29 is 0 Å². The normalized spacial score (nSPS) is 12.4. The number of benzene rings is 1. The molecule has 1 atom stereocenters. The average molecular weight is 226 g/mol. The fraction of sp³-hybridized carbons (Fsp3) is 0.267. The standard InChI is InChI=1S/C15H18N2/c1-3-11(2)12-4-6-13(7-5-12)15-9-8-14(16)10-17-15/h4-11H,3,16H2,1-2H3. The van der Waals surface area contributed by atoms with Crippen molar-refractivity contribution in [1.82, 2.24) is 4.98 Å². The number of nitrogen functional groups attached to an aromatic ring is 1. The number of aromatic nitrogens is 1. The number of anilines is 1. The van der Waals surface area contributed by atoms with Crippen LogP contribution in [0.2, 0.25) is 0 Å². The van der Waals surface area contributed by atoms with Crippen molar-refractivity contribution in [1.29, 1.82) is 0 Å². The van der Waals surface area contributed by atoms with E-state index in [1.54, 1.807) is 6.20 Å². The molecular formula is C15H18N2. The van der Waals surface area contributed by atoms with E-state index in [-0.39, 0.29) is 0 Å². The molecule has 0 spiro atoms. The van der Waals surface area contributed by atoms with Crippen molar-refractivity contribution in [2.75, 3.05) is 5.73 Å². The van der Waals surface area contributed by atoms with E-state index in [0.717, 1.165) is 11.3 Å². The Morgan fingerprint density at radius 1 is 1.12 bits per heavy atom. The lowest BCUT2D eigenvalue weighted by atomic mass is 9.97. The summed E-state index contributed by atoms with van der Waals surface area (Å²) in [7, 11) is 0. The third-order valence-electron chi connectivity index (χ3n) is 3.17. The summed E-state index contributed by atoms with van der Waals surface area (Å²) in [5, 5.41) is 0. The molecule has 17 heavy (non-hydrogen) atoms. The Bertz CT molecular complexity index is 471. The summed E-state index contributed by atoms with van der Waals surface area (Å²) in [6.45, 7) is 4.45. The number of pyridine rings is 1. The topological polar surface area (TPSA) is 38.9 Å². The second-order valence-electron chi connectivity index (χ2n) is 4.41. The quantitative estimate of drug-likeness (QED) is 0.863. The molecule has 0 bridgehead atoms. The zero-order valence-corrected chi connectivity index (χ0v) is 10.4. The van der Waals surface area contributed by atoms with E-state index in [1.165, 1.54) is 12.0 Å². The third kappa shape index (κ3) is 2.64. The van der Waals surface area contributed by atoms with Crippen LogP contribution in [0.4, 0.5) is 5.69 Å². The maximum atomic E-state index is 5.62. The molecule has 0 fully saturated rings. The first-order valence-corrected chi connectivity index (χ1v) is 6.02. The molecule has 0 amide bonds. The Hall–Kier alpha value is -1.83. The van der Waals surface area contributed by atoms with Crippen LogP contribution in [-0.4, -0.2) is 4.98 Å². The van der Waals surface area contributed by atoms with Gasteiger partial charge in [0.25, 0.3) is 0 Å². The Kier molecular flexibility index (Phi) is 3.43. The van der Waals surface area contributed by atoms with Crippen LogP contribution in [0.1, 0.15) is 31.7 Å². The third-order valence-corrected chi connectivity index (χ3v) is 3.17. The summed E-state index contributed by atoms with van der Waals surface area (Å²) in [6, 6.07) is 12.4. The molecular weight excluding hydrogens is 208 g/mol. The van der Waals surface area contributed by atoms with Crippen molar-refractivity contribution in [3.63, 3.8) is 0 Å². The van der Waals surface area contributed by atoms with Gasteiger partial charge in [-0.2, -0.15) is 0 Å². The lowest BCUT2D eigenvalue weighted by Gasteiger charge is -2.09. The van der Waals surface area contributed by atoms with Crippen LogP contribution in [0.15, 0.2) is 42.6 Å². The summed E-state index contributed by atoms with van der Waals surface area (Å²) in [5.41, 5.74) is 9.81. The van der Waals surface area contributed by atoms with Gasteiger partial charge in [-0.3, -0.25) is 4.98 Å². The number of hydrogen-bond donors (Lipinski definition) is 1. The molecule has 0 saturated carbocycles. The molecule has 1 heterocycles. The van der Waals surface area contributed by atoms with Gasteiger partial charge in [-0.25, -0.2) is 0 Å². The molecule has 2 nitrogen and oxygen atoms in total. The first kappa shape index (κ1) is 11.6. The lowest BCUT2D eigenvalue weighted by molar-refractivity contribution is 0.734. The molecule has 0 saturated heterocycles. The predicted molar refractivity (Wildman–Crippen MR) is 72.8 cm³/mol. The fourth-order valence-corrected chi connectivity index (χ4v) is 1.79. The zero-order valence-electron chi connectivity index (χ0n) is 10.4. The highest BCUT2D eigenvalue weighted by atomic mass is 14.7. The van der Waals surface area contributed by atoms with Crippen molar-refractivity contribution >= 4 is 5.69 Å². The summed E-state index contributed by atoms with van der Waals surface area (Å²) in [5.74, 6) is 0.614. The van der Waals surface area contributed by atoms with Gasteiger partial charge < -0.3 is 5.73 Å². The largest absolute Gasteiger partial charge is 0.397 e. The second kappa shape index (κ2) is 5.00. The van der Waals surface area contributed by atoms with Gasteiger partial charge in [-0.05, 0) is 30.0 Å². The average Bonchev–Trinajstić information content (AvgIpc) is 2.39. The van der Waals surface area contributed by atoms with Crippen molar-refractivity contribution in [2.24, 2.45) is 0 Å². The molecule has 0 aliphatic rings. The first-order chi connectivity index (χ1) is 8.20. The van der Waals surface area contributed by atoms with E-state index in [0.29, 0.717) is 11.6 Å². The Morgan fingerprint density at radius 3 is 2.35 bits per heavy atom. The molecule has 0 radical (unpaired) electrons. The molecule has 1 aromatic heterocycles. The van der Waals surface area contributed by atoms with E-state index in [9.17, 15) is 0 Å². The number of nitrogens with two attached hydrogens (primary N) is 1. The van der Waals surface area contributed by atoms with Crippen molar-refractivity contribution in [3.05, 3.63) is 48.2 Å². The maximum Gasteiger partial charge on any atom is 0.0703 e. The van der Waals surface area contributed by atoms with Crippen LogP contribution in [0.25, 0.3) is 11.3 Å². The summed E-state index contributed by atoms with van der Waals surface area (Å²) in [4.78, 5) is 4.32. The van der Waals surface area contributed by atoms with Gasteiger partial charge in [0.1, 0.15) is 0 Å². The Morgan fingerprint density at radius 2 is 1.82 bits per heavy atom. The highest BCUT2D eigenvalue weighted by molar-refractivity contribution is 5.60. The van der Waals surface area contributed by atoms with Crippen LogP contribution in [0.5, 0.6) is 0 Å². The summed E-state index contributed by atoms with van der Waals surface area (Å²) < 4.78 is 0. The maximum absolute atomic E-state index is 5.62. The van der Waals surface area contributed by atoms with Gasteiger partial charge in [-0.15, -0.1) is 0 Å². The molecule has 0 aliphatic carbocycles. The van der Waals surface area contributed by atoms with Crippen LogP contribution < -0.4 is 5.73 Å². The number of hydrogen-bond acceptors (Lipinski definition) is 2. The molecule has 2 N–H and O–H groups in total. The summed E-state index contributed by atoms with van der Waals surface area (Å²) in [6.07, 6.45) is 2.86. The fourth-order valence-electron chi connectivity index (χ4n) is 1.79. The van der Waals surface area contributed by atoms with E-state index in [2.05, 4.69) is 43.1 Å². The second-order valence-corrected chi connectivity index (χ2v) is 4.41. The zero-order chi connectivity index (χ0) is 12.3. The van der Waals surface area contributed by atoms with Gasteiger partial charge in [-0.1, -0.05) is 38.1 Å². The van der Waals surface area contributed by atoms with Crippen LogP contribution >= 0.6 is 0 Å². The molecule has 1 unspecified atom stereocenters. The van der Waals surface area contributed by atoms with Gasteiger partial charge in [0.15, 0.2) is 0 Å². The minimum atomic E-state index is 0.614. The van der Waals surface area contributed by atoms with E-state index in [1.807, 2.05) is 12.1 Å².